The molecule has 0 heterocycles. The lowest BCUT2D eigenvalue weighted by Gasteiger charge is -2.09. The largest absolute Gasteiger partial charge is 0.478 e. The van der Waals surface area contributed by atoms with Crippen molar-refractivity contribution < 1.29 is 27.8 Å². The summed E-state index contributed by atoms with van der Waals surface area (Å²) < 4.78 is 41.8. The SMILES string of the molecule is COCC(=CC(=O)O)c1ccc(C(F)(F)F)cc1.Cl. The number of benzene rings is 1. The standard InChI is InChI=1S/C12H11F3O3.ClH/c1-18-7-9(6-11(16)17)8-2-4-10(5-3-8)12(13,14)15;/h2-6H,7H2,1H3,(H,16,17);1H. The van der Waals surface area contributed by atoms with E-state index >= 15 is 0 Å². The molecule has 0 unspecified atom stereocenters. The Balaban J connectivity index is 0.00000324. The normalized spacial score (nSPS) is 11.9. The molecule has 0 spiro atoms. The third kappa shape index (κ3) is 5.32. The summed E-state index contributed by atoms with van der Waals surface area (Å²) in [5.74, 6) is -1.18. The maximum atomic E-state index is 12.3. The minimum atomic E-state index is -4.41. The van der Waals surface area contributed by atoms with Gasteiger partial charge in [-0.05, 0) is 23.3 Å². The van der Waals surface area contributed by atoms with Crippen molar-refractivity contribution in [1.29, 1.82) is 0 Å². The molecule has 1 N–H and O–H groups in total. The van der Waals surface area contributed by atoms with E-state index in [2.05, 4.69) is 0 Å². The molecule has 0 aromatic heterocycles. The van der Waals surface area contributed by atoms with Crippen LogP contribution in [0.15, 0.2) is 30.3 Å². The average Bonchev–Trinajstić information content (AvgIpc) is 2.27. The Morgan fingerprint density at radius 1 is 1.32 bits per heavy atom. The second-order valence-corrected chi connectivity index (χ2v) is 3.52. The molecule has 19 heavy (non-hydrogen) atoms. The molecule has 1 rings (SSSR count). The number of methoxy groups -OCH3 is 1. The zero-order chi connectivity index (χ0) is 13.8. The van der Waals surface area contributed by atoms with Crippen molar-refractivity contribution in [2.75, 3.05) is 13.7 Å². The first-order valence-corrected chi connectivity index (χ1v) is 4.94. The van der Waals surface area contributed by atoms with Gasteiger partial charge in [0.05, 0.1) is 12.2 Å². The summed E-state index contributed by atoms with van der Waals surface area (Å²) in [6.07, 6.45) is -3.50. The van der Waals surface area contributed by atoms with Gasteiger partial charge in [-0.1, -0.05) is 12.1 Å². The molecule has 0 bridgehead atoms. The molecular formula is C12H12ClF3O3. The zero-order valence-corrected chi connectivity index (χ0v) is 10.7. The lowest BCUT2D eigenvalue weighted by Crippen LogP contribution is -2.05. The van der Waals surface area contributed by atoms with Gasteiger partial charge in [0.2, 0.25) is 0 Å². The van der Waals surface area contributed by atoms with E-state index in [-0.39, 0.29) is 19.0 Å². The Bertz CT molecular complexity index is 452. The highest BCUT2D eigenvalue weighted by Crippen LogP contribution is 2.30. The Kier molecular flexibility index (Phi) is 6.58. The van der Waals surface area contributed by atoms with Crippen LogP contribution in [-0.4, -0.2) is 24.8 Å². The molecular weight excluding hydrogens is 285 g/mol. The molecule has 7 heteroatoms. The van der Waals surface area contributed by atoms with Crippen molar-refractivity contribution in [1.82, 2.24) is 0 Å². The zero-order valence-electron chi connectivity index (χ0n) is 9.90. The van der Waals surface area contributed by atoms with Crippen molar-refractivity contribution in [2.24, 2.45) is 0 Å². The number of carboxylic acid groups (broad SMARTS) is 1. The van der Waals surface area contributed by atoms with E-state index < -0.39 is 17.7 Å². The second kappa shape index (κ2) is 7.16. The number of rotatable bonds is 4. The van der Waals surface area contributed by atoms with Crippen molar-refractivity contribution in [3.63, 3.8) is 0 Å². The summed E-state index contributed by atoms with van der Waals surface area (Å²) in [7, 11) is 1.37. The van der Waals surface area contributed by atoms with Crippen LogP contribution in [0.3, 0.4) is 0 Å². The van der Waals surface area contributed by atoms with Gasteiger partial charge in [-0.15, -0.1) is 12.4 Å². The highest BCUT2D eigenvalue weighted by atomic mass is 35.5. The first-order chi connectivity index (χ1) is 8.34. The predicted octanol–water partition coefficient (Wildman–Crippen LogP) is 3.24. The van der Waals surface area contributed by atoms with Crippen molar-refractivity contribution in [2.45, 2.75) is 6.18 Å². The van der Waals surface area contributed by atoms with Gasteiger partial charge < -0.3 is 9.84 Å². The molecule has 0 saturated heterocycles. The van der Waals surface area contributed by atoms with Gasteiger partial charge in [0.25, 0.3) is 0 Å². The minimum Gasteiger partial charge on any atom is -0.478 e. The van der Waals surface area contributed by atoms with E-state index in [0.717, 1.165) is 18.2 Å². The van der Waals surface area contributed by atoms with E-state index in [0.29, 0.717) is 11.1 Å². The topological polar surface area (TPSA) is 46.5 Å². The maximum Gasteiger partial charge on any atom is 0.416 e. The van der Waals surface area contributed by atoms with E-state index in [1.54, 1.807) is 0 Å². The molecule has 1 aromatic carbocycles. The molecule has 3 nitrogen and oxygen atoms in total. The average molecular weight is 297 g/mol. The summed E-state index contributed by atoms with van der Waals surface area (Å²) in [4.78, 5) is 10.6. The second-order valence-electron chi connectivity index (χ2n) is 3.52. The molecule has 0 atom stereocenters. The van der Waals surface area contributed by atoms with Gasteiger partial charge in [0.15, 0.2) is 0 Å². The Morgan fingerprint density at radius 2 is 1.84 bits per heavy atom. The number of hydrogen-bond acceptors (Lipinski definition) is 2. The quantitative estimate of drug-likeness (QED) is 0.868. The highest BCUT2D eigenvalue weighted by molar-refractivity contribution is 5.90. The van der Waals surface area contributed by atoms with Gasteiger partial charge in [0.1, 0.15) is 0 Å². The van der Waals surface area contributed by atoms with E-state index in [1.807, 2.05) is 0 Å². The molecule has 0 amide bonds. The monoisotopic (exact) mass is 296 g/mol. The van der Waals surface area contributed by atoms with Gasteiger partial charge in [0, 0.05) is 13.2 Å². The van der Waals surface area contributed by atoms with Crippen molar-refractivity contribution in [3.8, 4) is 0 Å². The van der Waals surface area contributed by atoms with Crippen LogP contribution < -0.4 is 0 Å². The fourth-order valence-corrected chi connectivity index (χ4v) is 1.39. The maximum absolute atomic E-state index is 12.3. The third-order valence-corrected chi connectivity index (χ3v) is 2.18. The fourth-order valence-electron chi connectivity index (χ4n) is 1.39. The number of carbonyl (C=O) groups is 1. The summed E-state index contributed by atoms with van der Waals surface area (Å²) in [6, 6.07) is 4.24. The van der Waals surface area contributed by atoms with E-state index in [1.165, 1.54) is 19.2 Å². The van der Waals surface area contributed by atoms with Crippen LogP contribution in [0.25, 0.3) is 5.57 Å². The predicted molar refractivity (Wildman–Crippen MR) is 66.2 cm³/mol. The van der Waals surface area contributed by atoms with Crippen LogP contribution in [0, 0.1) is 0 Å². The van der Waals surface area contributed by atoms with Crippen LogP contribution in [0.1, 0.15) is 11.1 Å². The van der Waals surface area contributed by atoms with E-state index in [4.69, 9.17) is 9.84 Å². The van der Waals surface area contributed by atoms with Crippen LogP contribution in [0.4, 0.5) is 13.2 Å². The number of halogens is 4. The fraction of sp³-hybridized carbons (Fsp3) is 0.250. The molecule has 0 radical (unpaired) electrons. The highest BCUT2D eigenvalue weighted by Gasteiger charge is 2.30. The summed E-state index contributed by atoms with van der Waals surface area (Å²) in [5, 5.41) is 8.64. The molecule has 1 aromatic rings. The number of alkyl halides is 3. The molecule has 0 aliphatic heterocycles. The third-order valence-electron chi connectivity index (χ3n) is 2.18. The van der Waals surface area contributed by atoms with Crippen LogP contribution in [0.5, 0.6) is 0 Å². The van der Waals surface area contributed by atoms with Crippen LogP contribution >= 0.6 is 12.4 Å². The first kappa shape index (κ1) is 17.5. The number of carboxylic acids is 1. The number of hydrogen-bond donors (Lipinski definition) is 1. The summed E-state index contributed by atoms with van der Waals surface area (Å²) in [6.45, 7) is 0.0116. The molecule has 0 aliphatic carbocycles. The van der Waals surface area contributed by atoms with Gasteiger partial charge in [-0.2, -0.15) is 13.2 Å². The Labute approximate surface area is 114 Å². The lowest BCUT2D eigenvalue weighted by atomic mass is 10.0. The van der Waals surface area contributed by atoms with Gasteiger partial charge in [-0.3, -0.25) is 0 Å². The van der Waals surface area contributed by atoms with Crippen LogP contribution in [-0.2, 0) is 15.7 Å². The van der Waals surface area contributed by atoms with Crippen molar-refractivity contribution >= 4 is 23.9 Å². The summed E-state index contributed by atoms with van der Waals surface area (Å²) >= 11 is 0. The minimum absolute atomic E-state index is 0. The number of aliphatic carboxylic acids is 1. The molecule has 0 fully saturated rings. The Morgan fingerprint density at radius 3 is 2.21 bits per heavy atom. The lowest BCUT2D eigenvalue weighted by molar-refractivity contribution is -0.137. The summed E-state index contributed by atoms with van der Waals surface area (Å²) in [5.41, 5.74) is -0.0932. The van der Waals surface area contributed by atoms with Gasteiger partial charge >= 0.3 is 12.1 Å². The Hall–Kier alpha value is -1.53. The molecule has 0 aliphatic rings. The first-order valence-electron chi connectivity index (χ1n) is 4.94. The smallest absolute Gasteiger partial charge is 0.416 e. The van der Waals surface area contributed by atoms with Crippen LogP contribution in [0.2, 0.25) is 0 Å². The number of ether oxygens (including phenoxy) is 1. The van der Waals surface area contributed by atoms with Gasteiger partial charge in [-0.25, -0.2) is 4.79 Å². The van der Waals surface area contributed by atoms with Crippen molar-refractivity contribution in [3.05, 3.63) is 41.5 Å². The van der Waals surface area contributed by atoms with E-state index in [9.17, 15) is 18.0 Å². The molecule has 0 saturated carbocycles. The molecule has 106 valence electrons.